The molecule has 1 heterocycles. The van der Waals surface area contributed by atoms with Crippen LogP contribution in [0, 0.1) is 5.92 Å². The fourth-order valence-corrected chi connectivity index (χ4v) is 4.09. The van der Waals surface area contributed by atoms with Gasteiger partial charge in [0.25, 0.3) is 5.91 Å². The summed E-state index contributed by atoms with van der Waals surface area (Å²) < 4.78 is 7.10. The Balaban J connectivity index is 1.70. The molecule has 0 saturated heterocycles. The number of carbonyl (C=O) groups excluding carboxylic acids is 2. The number of nitrogens with one attached hydrogen (secondary N) is 2. The number of benzene rings is 2. The topological polar surface area (TPSA) is 98.1 Å². The molecule has 8 nitrogen and oxygen atoms in total. The van der Waals surface area contributed by atoms with Gasteiger partial charge in [-0.25, -0.2) is 0 Å². The minimum absolute atomic E-state index is 0.0842. The summed E-state index contributed by atoms with van der Waals surface area (Å²) in [5.41, 5.74) is 1.29. The van der Waals surface area contributed by atoms with Gasteiger partial charge in [0.15, 0.2) is 11.0 Å². The van der Waals surface area contributed by atoms with Crippen LogP contribution >= 0.6 is 11.8 Å². The Morgan fingerprint density at radius 3 is 2.36 bits per heavy atom. The molecule has 33 heavy (non-hydrogen) atoms. The number of ether oxygens (including phenoxy) is 1. The standard InChI is InChI=1S/C24H29N5O3S/c1-5-29-22(21(16(2)3)26-23(31)17-11-13-19(32-4)14-12-17)27-28-24(29)33-15-20(30)25-18-9-7-6-8-10-18/h6-14,16,21H,5,15H2,1-4H3,(H,25,30)(H,26,31)/t21-/m1/s1. The van der Waals surface area contributed by atoms with E-state index in [-0.39, 0.29) is 29.5 Å². The van der Waals surface area contributed by atoms with Crippen molar-refractivity contribution in [1.82, 2.24) is 20.1 Å². The Morgan fingerprint density at radius 2 is 1.76 bits per heavy atom. The maximum atomic E-state index is 12.9. The Hall–Kier alpha value is -3.33. The zero-order chi connectivity index (χ0) is 23.8. The third-order valence-electron chi connectivity index (χ3n) is 5.04. The van der Waals surface area contributed by atoms with Crippen molar-refractivity contribution < 1.29 is 14.3 Å². The first-order valence-corrected chi connectivity index (χ1v) is 11.8. The molecule has 1 aromatic heterocycles. The van der Waals surface area contributed by atoms with E-state index in [1.807, 2.05) is 55.7 Å². The van der Waals surface area contributed by atoms with Crippen LogP contribution in [0.5, 0.6) is 5.75 Å². The van der Waals surface area contributed by atoms with Crippen molar-refractivity contribution in [3.8, 4) is 5.75 Å². The first-order valence-electron chi connectivity index (χ1n) is 10.8. The normalized spacial score (nSPS) is 11.8. The minimum Gasteiger partial charge on any atom is -0.497 e. The van der Waals surface area contributed by atoms with E-state index < -0.39 is 0 Å². The number of thioether (sulfide) groups is 1. The number of methoxy groups -OCH3 is 1. The van der Waals surface area contributed by atoms with Gasteiger partial charge in [0.2, 0.25) is 5.91 Å². The van der Waals surface area contributed by atoms with Gasteiger partial charge in [-0.15, -0.1) is 10.2 Å². The monoisotopic (exact) mass is 467 g/mol. The Bertz CT molecular complexity index is 1070. The van der Waals surface area contributed by atoms with Crippen LogP contribution in [-0.4, -0.2) is 39.4 Å². The van der Waals surface area contributed by atoms with Gasteiger partial charge in [-0.1, -0.05) is 43.8 Å². The van der Waals surface area contributed by atoms with Crippen molar-refractivity contribution in [2.75, 3.05) is 18.2 Å². The third-order valence-corrected chi connectivity index (χ3v) is 6.00. The fraction of sp³-hybridized carbons (Fsp3) is 0.333. The molecule has 3 rings (SSSR count). The molecule has 1 atom stereocenters. The molecule has 0 fully saturated rings. The smallest absolute Gasteiger partial charge is 0.251 e. The Kier molecular flexibility index (Phi) is 8.48. The van der Waals surface area contributed by atoms with Gasteiger partial charge in [-0.3, -0.25) is 9.59 Å². The zero-order valence-electron chi connectivity index (χ0n) is 19.2. The van der Waals surface area contributed by atoms with Gasteiger partial charge in [0.05, 0.1) is 18.9 Å². The number of anilines is 1. The molecule has 0 aliphatic heterocycles. The molecule has 2 N–H and O–H groups in total. The molecular weight excluding hydrogens is 438 g/mol. The first-order chi connectivity index (χ1) is 15.9. The van der Waals surface area contributed by atoms with Gasteiger partial charge in [0.1, 0.15) is 5.75 Å². The van der Waals surface area contributed by atoms with Gasteiger partial charge in [-0.2, -0.15) is 0 Å². The van der Waals surface area contributed by atoms with Crippen LogP contribution in [0.2, 0.25) is 0 Å². The molecule has 0 aliphatic carbocycles. The summed E-state index contributed by atoms with van der Waals surface area (Å²) in [6.45, 7) is 6.65. The molecule has 0 bridgehead atoms. The van der Waals surface area contributed by atoms with E-state index in [0.717, 1.165) is 5.69 Å². The first kappa shape index (κ1) is 24.3. The molecule has 0 unspecified atom stereocenters. The average Bonchev–Trinajstić information content (AvgIpc) is 3.24. The van der Waals surface area contributed by atoms with Crippen LogP contribution in [0.1, 0.15) is 43.0 Å². The van der Waals surface area contributed by atoms with Crippen LogP contribution < -0.4 is 15.4 Å². The lowest BCUT2D eigenvalue weighted by molar-refractivity contribution is -0.113. The van der Waals surface area contributed by atoms with Crippen molar-refractivity contribution in [3.05, 3.63) is 66.0 Å². The molecule has 0 saturated carbocycles. The van der Waals surface area contributed by atoms with E-state index in [9.17, 15) is 9.59 Å². The van der Waals surface area contributed by atoms with E-state index >= 15 is 0 Å². The molecule has 2 amide bonds. The maximum absolute atomic E-state index is 12.9. The molecule has 9 heteroatoms. The number of aromatic nitrogens is 3. The number of carbonyl (C=O) groups is 2. The molecular formula is C24H29N5O3S. The number of rotatable bonds is 10. The van der Waals surface area contributed by atoms with Crippen molar-refractivity contribution >= 4 is 29.3 Å². The van der Waals surface area contributed by atoms with Gasteiger partial charge < -0.3 is 19.9 Å². The Morgan fingerprint density at radius 1 is 1.06 bits per heavy atom. The summed E-state index contributed by atoms with van der Waals surface area (Å²) in [7, 11) is 1.59. The predicted molar refractivity (Wildman–Crippen MR) is 130 cm³/mol. The predicted octanol–water partition coefficient (Wildman–Crippen LogP) is 4.16. The maximum Gasteiger partial charge on any atom is 0.251 e. The highest BCUT2D eigenvalue weighted by molar-refractivity contribution is 7.99. The lowest BCUT2D eigenvalue weighted by atomic mass is 10.0. The number of hydrogen-bond donors (Lipinski definition) is 2. The van der Waals surface area contributed by atoms with E-state index in [0.29, 0.717) is 28.8 Å². The highest BCUT2D eigenvalue weighted by Gasteiger charge is 2.26. The summed E-state index contributed by atoms with van der Waals surface area (Å²) in [5, 5.41) is 15.3. The second-order valence-corrected chi connectivity index (χ2v) is 8.65. The number of amides is 2. The van der Waals surface area contributed by atoms with Crippen LogP contribution in [0.3, 0.4) is 0 Å². The SMILES string of the molecule is CCn1c(SCC(=O)Nc2ccccc2)nnc1[C@H](NC(=O)c1ccc(OC)cc1)C(C)C. The lowest BCUT2D eigenvalue weighted by Gasteiger charge is -2.22. The van der Waals surface area contributed by atoms with E-state index in [2.05, 4.69) is 20.8 Å². The number of nitrogens with zero attached hydrogens (tertiary/aromatic N) is 3. The summed E-state index contributed by atoms with van der Waals surface area (Å²) in [6, 6.07) is 15.9. The van der Waals surface area contributed by atoms with Crippen LogP contribution in [0.25, 0.3) is 0 Å². The lowest BCUT2D eigenvalue weighted by Crippen LogP contribution is -2.33. The summed E-state index contributed by atoms with van der Waals surface area (Å²) in [6.07, 6.45) is 0. The van der Waals surface area contributed by atoms with E-state index in [4.69, 9.17) is 4.74 Å². The van der Waals surface area contributed by atoms with E-state index in [1.165, 1.54) is 11.8 Å². The van der Waals surface area contributed by atoms with Gasteiger partial charge >= 0.3 is 0 Å². The molecule has 3 aromatic rings. The average molecular weight is 468 g/mol. The van der Waals surface area contributed by atoms with Crippen molar-refractivity contribution in [2.24, 2.45) is 5.92 Å². The zero-order valence-corrected chi connectivity index (χ0v) is 20.1. The summed E-state index contributed by atoms with van der Waals surface area (Å²) in [5.74, 6) is 1.33. The van der Waals surface area contributed by atoms with E-state index in [1.54, 1.807) is 31.4 Å². The quantitative estimate of drug-likeness (QED) is 0.435. The highest BCUT2D eigenvalue weighted by Crippen LogP contribution is 2.26. The van der Waals surface area contributed by atoms with Crippen LogP contribution in [0.4, 0.5) is 5.69 Å². The van der Waals surface area contributed by atoms with Crippen molar-refractivity contribution in [3.63, 3.8) is 0 Å². The summed E-state index contributed by atoms with van der Waals surface area (Å²) >= 11 is 1.32. The third kappa shape index (κ3) is 6.35. The van der Waals surface area contributed by atoms with Crippen LogP contribution in [-0.2, 0) is 11.3 Å². The number of para-hydroxylation sites is 1. The second-order valence-electron chi connectivity index (χ2n) is 7.71. The van der Waals surface area contributed by atoms with Crippen molar-refractivity contribution in [2.45, 2.75) is 38.5 Å². The highest BCUT2D eigenvalue weighted by atomic mass is 32.2. The second kappa shape index (κ2) is 11.5. The molecule has 0 aliphatic rings. The fourth-order valence-electron chi connectivity index (χ4n) is 3.28. The van der Waals surface area contributed by atoms with Crippen molar-refractivity contribution in [1.29, 1.82) is 0 Å². The van der Waals surface area contributed by atoms with Crippen LogP contribution in [0.15, 0.2) is 59.8 Å². The molecule has 0 radical (unpaired) electrons. The largest absolute Gasteiger partial charge is 0.497 e. The summed E-state index contributed by atoms with van der Waals surface area (Å²) in [4.78, 5) is 25.2. The van der Waals surface area contributed by atoms with Gasteiger partial charge in [-0.05, 0) is 49.2 Å². The van der Waals surface area contributed by atoms with Gasteiger partial charge in [0, 0.05) is 17.8 Å². The molecule has 2 aromatic carbocycles. The molecule has 0 spiro atoms. The molecule has 174 valence electrons. The number of hydrogen-bond acceptors (Lipinski definition) is 6. The Labute approximate surface area is 198 Å². The minimum atomic E-state index is -0.334.